The van der Waals surface area contributed by atoms with Crippen molar-refractivity contribution < 1.29 is 59.1 Å². The third-order valence-corrected chi connectivity index (χ3v) is 7.54. The molecule has 0 aliphatic heterocycles. The van der Waals surface area contributed by atoms with E-state index < -0.39 is 72.4 Å². The number of primary amides is 1. The molecule has 47 heavy (non-hydrogen) atoms. The Labute approximate surface area is 275 Å². The Morgan fingerprint density at radius 1 is 0.468 bits per heavy atom. The number of unbranched alkanes of at least 4 members (excludes halogenated alkanes) is 11. The van der Waals surface area contributed by atoms with Crippen LogP contribution < -0.4 is 21.7 Å². The number of hydrogen-bond acceptors (Lipinski definition) is 9. The van der Waals surface area contributed by atoms with E-state index in [1.807, 2.05) is 0 Å². The number of carbonyl (C=O) groups is 7. The Kier molecular flexibility index (Phi) is 24.2. The minimum atomic E-state index is -1.95. The van der Waals surface area contributed by atoms with E-state index in [-0.39, 0.29) is 44.9 Å². The summed E-state index contributed by atoms with van der Waals surface area (Å²) in [6, 6.07) is -4.05. The predicted octanol–water partition coefficient (Wildman–Crippen LogP) is 1.29. The van der Waals surface area contributed by atoms with Crippen LogP contribution in [-0.4, -0.2) is 91.5 Å². The monoisotopic (exact) mass is 674 g/mol. The second kappa shape index (κ2) is 26.3. The molecule has 0 aliphatic carbocycles. The molecule has 0 saturated carbocycles. The molecule has 0 aromatic rings. The van der Waals surface area contributed by atoms with E-state index in [0.29, 0.717) is 6.42 Å². The van der Waals surface area contributed by atoms with Crippen molar-refractivity contribution in [3.63, 3.8) is 0 Å². The van der Waals surface area contributed by atoms with Crippen LogP contribution >= 0.6 is 0 Å². The number of aliphatic hydroxyl groups excluding tert-OH is 1. The molecule has 0 aromatic heterocycles. The Morgan fingerprint density at radius 2 is 0.830 bits per heavy atom. The number of carboxylic acid groups (broad SMARTS) is 3. The standard InChI is InChI=1S/C31H54N4O12/c32-24(36)18-15-21(29(42)43)34-26(38)20-17-23(31(46)47)35-27(39)19-16-22(30(44)45)33-25(37)13-11-9-7-5-3-1-2-4-6-8-10-12-14-28(40)41/h21-23,30,44-45H,1-20H2,(H2,32,36)(H,33,37)(H,34,38)(H,35,39)(H,40,41)(H,42,43)(H,46,47)/t21-,22-,23-/m0/s1. The number of carbonyl (C=O) groups excluding carboxylic acids is 4. The van der Waals surface area contributed by atoms with Crippen LogP contribution in [0.15, 0.2) is 0 Å². The van der Waals surface area contributed by atoms with Crippen molar-refractivity contribution >= 4 is 41.5 Å². The minimum absolute atomic E-state index is 0.172. The molecule has 4 amide bonds. The fourth-order valence-corrected chi connectivity index (χ4v) is 4.80. The molecule has 0 aromatic carbocycles. The highest BCUT2D eigenvalue weighted by atomic mass is 16.5. The molecule has 0 rings (SSSR count). The number of hydrogen-bond donors (Lipinski definition) is 9. The second-order valence-electron chi connectivity index (χ2n) is 11.7. The van der Waals surface area contributed by atoms with Gasteiger partial charge in [0.2, 0.25) is 23.6 Å². The van der Waals surface area contributed by atoms with Crippen LogP contribution in [0.25, 0.3) is 0 Å². The number of aliphatic hydroxyl groups is 2. The molecule has 0 aliphatic rings. The predicted molar refractivity (Wildman–Crippen MR) is 168 cm³/mol. The van der Waals surface area contributed by atoms with Crippen LogP contribution in [0.1, 0.15) is 128 Å². The van der Waals surface area contributed by atoms with Crippen molar-refractivity contribution in [1.29, 1.82) is 0 Å². The number of nitrogens with one attached hydrogen (secondary N) is 3. The first kappa shape index (κ1) is 43.2. The van der Waals surface area contributed by atoms with Crippen molar-refractivity contribution in [3.8, 4) is 0 Å². The third-order valence-electron chi connectivity index (χ3n) is 7.54. The highest BCUT2D eigenvalue weighted by Gasteiger charge is 2.25. The van der Waals surface area contributed by atoms with Gasteiger partial charge in [0.1, 0.15) is 12.1 Å². The second-order valence-corrected chi connectivity index (χ2v) is 11.7. The molecule has 0 fully saturated rings. The van der Waals surface area contributed by atoms with Crippen molar-refractivity contribution in [2.75, 3.05) is 0 Å². The van der Waals surface area contributed by atoms with Gasteiger partial charge in [-0.05, 0) is 32.1 Å². The van der Waals surface area contributed by atoms with Gasteiger partial charge >= 0.3 is 17.9 Å². The first-order valence-corrected chi connectivity index (χ1v) is 16.4. The highest BCUT2D eigenvalue weighted by Crippen LogP contribution is 2.13. The van der Waals surface area contributed by atoms with Gasteiger partial charge < -0.3 is 47.2 Å². The first-order valence-electron chi connectivity index (χ1n) is 16.4. The molecule has 0 spiro atoms. The molecule has 0 saturated heterocycles. The molecular weight excluding hydrogens is 620 g/mol. The van der Waals surface area contributed by atoms with Gasteiger partial charge in [0.15, 0.2) is 6.29 Å². The largest absolute Gasteiger partial charge is 0.481 e. The lowest BCUT2D eigenvalue weighted by Crippen LogP contribution is -2.46. The number of rotatable bonds is 30. The fourth-order valence-electron chi connectivity index (χ4n) is 4.80. The van der Waals surface area contributed by atoms with Gasteiger partial charge in [0.25, 0.3) is 0 Å². The maximum Gasteiger partial charge on any atom is 0.326 e. The van der Waals surface area contributed by atoms with Crippen LogP contribution in [0.3, 0.4) is 0 Å². The number of aliphatic carboxylic acids is 3. The Balaban J connectivity index is 4.29. The van der Waals surface area contributed by atoms with Gasteiger partial charge in [0.05, 0.1) is 6.04 Å². The van der Waals surface area contributed by atoms with Gasteiger partial charge in [-0.3, -0.25) is 24.0 Å². The summed E-state index contributed by atoms with van der Waals surface area (Å²) in [5.41, 5.74) is 4.99. The smallest absolute Gasteiger partial charge is 0.326 e. The topological polar surface area (TPSA) is 283 Å². The Hall–Kier alpha value is -3.79. The summed E-state index contributed by atoms with van der Waals surface area (Å²) >= 11 is 0. The average Bonchev–Trinajstić information content (AvgIpc) is 2.98. The van der Waals surface area contributed by atoms with E-state index in [0.717, 1.165) is 70.6 Å². The SMILES string of the molecule is NC(=O)CC[C@H](NC(=O)CC[C@H](NC(=O)CC[C@H](NC(=O)CCCCCCCCCCCCCCC(=O)O)C(O)O)C(=O)O)C(=O)O. The molecule has 10 N–H and O–H groups in total. The quantitative estimate of drug-likeness (QED) is 0.0385. The summed E-state index contributed by atoms with van der Waals surface area (Å²) in [6.07, 6.45) is 8.45. The summed E-state index contributed by atoms with van der Waals surface area (Å²) in [5.74, 6) is -6.31. The lowest BCUT2D eigenvalue weighted by atomic mass is 10.0. The average molecular weight is 675 g/mol. The van der Waals surface area contributed by atoms with Crippen LogP contribution in [0.5, 0.6) is 0 Å². The van der Waals surface area contributed by atoms with Gasteiger partial charge in [-0.15, -0.1) is 0 Å². The number of amides is 4. The summed E-state index contributed by atoms with van der Waals surface area (Å²) in [5, 5.41) is 53.4. The molecule has 270 valence electrons. The summed E-state index contributed by atoms with van der Waals surface area (Å²) in [6.45, 7) is 0. The van der Waals surface area contributed by atoms with E-state index in [2.05, 4.69) is 16.0 Å². The van der Waals surface area contributed by atoms with Crippen molar-refractivity contribution in [1.82, 2.24) is 16.0 Å². The van der Waals surface area contributed by atoms with E-state index in [1.165, 1.54) is 0 Å². The van der Waals surface area contributed by atoms with Crippen molar-refractivity contribution in [3.05, 3.63) is 0 Å². The zero-order valence-electron chi connectivity index (χ0n) is 27.1. The molecule has 0 radical (unpaired) electrons. The zero-order valence-corrected chi connectivity index (χ0v) is 27.1. The molecule has 16 heteroatoms. The third kappa shape index (κ3) is 25.0. The van der Waals surface area contributed by atoms with E-state index in [1.54, 1.807) is 0 Å². The van der Waals surface area contributed by atoms with E-state index in [9.17, 15) is 48.9 Å². The zero-order chi connectivity index (χ0) is 35.6. The van der Waals surface area contributed by atoms with Gasteiger partial charge in [0, 0.05) is 32.1 Å². The van der Waals surface area contributed by atoms with Gasteiger partial charge in [-0.25, -0.2) is 9.59 Å². The van der Waals surface area contributed by atoms with Crippen LogP contribution in [0.2, 0.25) is 0 Å². The molecule has 0 heterocycles. The lowest BCUT2D eigenvalue weighted by Gasteiger charge is -2.21. The van der Waals surface area contributed by atoms with E-state index >= 15 is 0 Å². The van der Waals surface area contributed by atoms with Crippen LogP contribution in [0.4, 0.5) is 0 Å². The Bertz CT molecular complexity index is 992. The molecule has 0 bridgehead atoms. The van der Waals surface area contributed by atoms with E-state index in [4.69, 9.17) is 15.9 Å². The van der Waals surface area contributed by atoms with Crippen LogP contribution in [0, 0.1) is 0 Å². The number of nitrogens with two attached hydrogens (primary N) is 1. The maximum atomic E-state index is 12.4. The van der Waals surface area contributed by atoms with Crippen molar-refractivity contribution in [2.45, 2.75) is 153 Å². The number of carboxylic acids is 3. The summed E-state index contributed by atoms with van der Waals surface area (Å²) < 4.78 is 0. The normalized spacial score (nSPS) is 12.9. The van der Waals surface area contributed by atoms with Crippen molar-refractivity contribution in [2.24, 2.45) is 5.73 Å². The highest BCUT2D eigenvalue weighted by molar-refractivity contribution is 5.86. The lowest BCUT2D eigenvalue weighted by molar-refractivity contribution is -0.143. The van der Waals surface area contributed by atoms with Crippen LogP contribution in [-0.2, 0) is 33.6 Å². The molecule has 16 nitrogen and oxygen atoms in total. The molecule has 0 unspecified atom stereocenters. The van der Waals surface area contributed by atoms with Gasteiger partial charge in [-0.2, -0.15) is 0 Å². The maximum absolute atomic E-state index is 12.4. The Morgan fingerprint density at radius 3 is 1.21 bits per heavy atom. The summed E-state index contributed by atoms with van der Waals surface area (Å²) in [4.78, 5) is 81.0. The molecular formula is C31H54N4O12. The van der Waals surface area contributed by atoms with Gasteiger partial charge in [-0.1, -0.05) is 64.2 Å². The minimum Gasteiger partial charge on any atom is -0.481 e. The molecule has 3 atom stereocenters. The summed E-state index contributed by atoms with van der Waals surface area (Å²) in [7, 11) is 0. The first-order chi connectivity index (χ1) is 22.2. The fraction of sp³-hybridized carbons (Fsp3) is 0.774.